The molecule has 0 bridgehead atoms. The number of hydrogen-bond donors (Lipinski definition) is 1. The van der Waals surface area contributed by atoms with E-state index in [1.165, 1.54) is 21.3 Å². The van der Waals surface area contributed by atoms with Crippen molar-refractivity contribution in [2.24, 2.45) is 0 Å². The molecule has 1 aliphatic heterocycles. The first-order chi connectivity index (χ1) is 9.44. The summed E-state index contributed by atoms with van der Waals surface area (Å²) in [5.41, 5.74) is -0.225. The third-order valence-corrected chi connectivity index (χ3v) is 5.06. The molecule has 0 atom stereocenters. The van der Waals surface area contributed by atoms with Crippen LogP contribution in [0.1, 0.15) is 17.4 Å². The van der Waals surface area contributed by atoms with Crippen molar-refractivity contribution in [2.45, 2.75) is 6.92 Å². The first-order valence-corrected chi connectivity index (χ1v) is 7.88. The predicted molar refractivity (Wildman–Crippen MR) is 71.8 cm³/mol. The summed E-state index contributed by atoms with van der Waals surface area (Å²) in [7, 11) is -3.21. The minimum Gasteiger partial charge on any atom is -0.335 e. The summed E-state index contributed by atoms with van der Waals surface area (Å²) >= 11 is 0. The van der Waals surface area contributed by atoms with Crippen molar-refractivity contribution >= 4 is 15.9 Å². The Hall–Kier alpha value is -1.74. The molecule has 20 heavy (non-hydrogen) atoms. The number of nitrogens with one attached hydrogen (secondary N) is 1. The molecule has 1 fully saturated rings. The topological polar surface area (TPSA) is 103 Å². The fraction of sp³-hybridized carbons (Fsp3) is 0.545. The van der Waals surface area contributed by atoms with Crippen LogP contribution in [0.2, 0.25) is 0 Å². The second-order valence-corrected chi connectivity index (χ2v) is 6.66. The van der Waals surface area contributed by atoms with Crippen LogP contribution in [0.5, 0.6) is 0 Å². The third-order valence-electron chi connectivity index (χ3n) is 3.18. The summed E-state index contributed by atoms with van der Waals surface area (Å²) < 4.78 is 24.8. The fourth-order valence-electron chi connectivity index (χ4n) is 1.98. The van der Waals surface area contributed by atoms with Crippen LogP contribution >= 0.6 is 0 Å². The zero-order valence-corrected chi connectivity index (χ0v) is 11.9. The Labute approximate surface area is 116 Å². The minimum absolute atomic E-state index is 0.0580. The lowest BCUT2D eigenvalue weighted by Crippen LogP contribution is -2.51. The largest absolute Gasteiger partial charge is 0.335 e. The van der Waals surface area contributed by atoms with Gasteiger partial charge in [0, 0.05) is 32.2 Å². The van der Waals surface area contributed by atoms with Gasteiger partial charge in [-0.2, -0.15) is 9.40 Å². The average molecular weight is 300 g/mol. The Kier molecular flexibility index (Phi) is 4.19. The number of hydrogen-bond acceptors (Lipinski definition) is 5. The lowest BCUT2D eigenvalue weighted by molar-refractivity contribution is 0.0690. The van der Waals surface area contributed by atoms with Crippen LogP contribution in [0, 0.1) is 0 Å². The van der Waals surface area contributed by atoms with Crippen molar-refractivity contribution in [1.29, 1.82) is 0 Å². The van der Waals surface area contributed by atoms with Crippen molar-refractivity contribution < 1.29 is 13.2 Å². The number of aromatic nitrogens is 2. The van der Waals surface area contributed by atoms with E-state index in [1.807, 2.05) is 0 Å². The fourth-order valence-corrected chi connectivity index (χ4v) is 3.06. The molecule has 0 radical (unpaired) electrons. The standard InChI is InChI=1S/C11H16N4O4S/c1-2-20(18,19)15-7-5-14(6-8-15)11(17)9-3-4-10(16)13-12-9/h3-4H,2,5-8H2,1H3,(H,13,16). The van der Waals surface area contributed by atoms with Crippen LogP contribution in [0.3, 0.4) is 0 Å². The molecule has 2 heterocycles. The summed E-state index contributed by atoms with van der Waals surface area (Å²) in [5, 5.41) is 5.88. The Bertz CT molecular complexity index is 626. The van der Waals surface area contributed by atoms with Crippen molar-refractivity contribution in [3.63, 3.8) is 0 Å². The highest BCUT2D eigenvalue weighted by atomic mass is 32.2. The van der Waals surface area contributed by atoms with E-state index in [2.05, 4.69) is 10.2 Å². The highest BCUT2D eigenvalue weighted by molar-refractivity contribution is 7.89. The molecule has 8 nitrogen and oxygen atoms in total. The van der Waals surface area contributed by atoms with Gasteiger partial charge < -0.3 is 4.90 Å². The molecule has 1 N–H and O–H groups in total. The van der Waals surface area contributed by atoms with Crippen LogP contribution in [-0.2, 0) is 10.0 Å². The molecule has 0 spiro atoms. The quantitative estimate of drug-likeness (QED) is 0.761. The first-order valence-electron chi connectivity index (χ1n) is 6.27. The van der Waals surface area contributed by atoms with Gasteiger partial charge in [0.05, 0.1) is 5.75 Å². The van der Waals surface area contributed by atoms with Gasteiger partial charge in [0.1, 0.15) is 5.69 Å². The normalized spacial score (nSPS) is 17.1. The highest BCUT2D eigenvalue weighted by Gasteiger charge is 2.28. The number of nitrogens with zero attached hydrogens (tertiary/aromatic N) is 3. The van der Waals surface area contributed by atoms with E-state index in [1.54, 1.807) is 6.92 Å². The van der Waals surface area contributed by atoms with Crippen LogP contribution in [0.4, 0.5) is 0 Å². The molecule has 9 heteroatoms. The van der Waals surface area contributed by atoms with Crippen molar-refractivity contribution in [3.05, 3.63) is 28.2 Å². The van der Waals surface area contributed by atoms with E-state index in [-0.39, 0.29) is 36.0 Å². The summed E-state index contributed by atoms with van der Waals surface area (Å²) in [5.74, 6) is -0.252. The van der Waals surface area contributed by atoms with Crippen LogP contribution in [-0.4, -0.2) is 65.7 Å². The molecule has 0 aliphatic carbocycles. The Morgan fingerprint density at radius 2 is 1.95 bits per heavy atom. The molecule has 1 aliphatic rings. The maximum absolute atomic E-state index is 12.1. The zero-order valence-electron chi connectivity index (χ0n) is 11.1. The number of piperazine rings is 1. The molecular weight excluding hydrogens is 284 g/mol. The number of amides is 1. The molecule has 1 saturated heterocycles. The zero-order chi connectivity index (χ0) is 14.8. The molecule has 0 aromatic carbocycles. The number of carbonyl (C=O) groups excluding carboxylic acids is 1. The summed E-state index contributed by atoms with van der Waals surface area (Å²) in [6.45, 7) is 2.80. The molecule has 1 aromatic rings. The molecular formula is C11H16N4O4S. The van der Waals surface area contributed by atoms with Crippen LogP contribution < -0.4 is 5.56 Å². The van der Waals surface area contributed by atoms with Gasteiger partial charge in [0.25, 0.3) is 11.5 Å². The van der Waals surface area contributed by atoms with E-state index < -0.39 is 10.0 Å². The molecule has 1 aromatic heterocycles. The second kappa shape index (κ2) is 5.71. The van der Waals surface area contributed by atoms with Crippen molar-refractivity contribution in [2.75, 3.05) is 31.9 Å². The molecule has 0 saturated carbocycles. The number of rotatable bonds is 3. The van der Waals surface area contributed by atoms with Gasteiger partial charge in [-0.25, -0.2) is 13.5 Å². The molecule has 1 amide bonds. The monoisotopic (exact) mass is 300 g/mol. The maximum Gasteiger partial charge on any atom is 0.274 e. The van der Waals surface area contributed by atoms with Crippen LogP contribution in [0.15, 0.2) is 16.9 Å². The highest BCUT2D eigenvalue weighted by Crippen LogP contribution is 2.10. The minimum atomic E-state index is -3.21. The van der Waals surface area contributed by atoms with Crippen molar-refractivity contribution in [3.8, 4) is 0 Å². The van der Waals surface area contributed by atoms with E-state index in [0.717, 1.165) is 0 Å². The average Bonchev–Trinajstić information content (AvgIpc) is 2.47. The van der Waals surface area contributed by atoms with Gasteiger partial charge in [0.2, 0.25) is 10.0 Å². The Morgan fingerprint density at radius 3 is 2.45 bits per heavy atom. The number of carbonyl (C=O) groups is 1. The number of H-pyrrole nitrogens is 1. The van der Waals surface area contributed by atoms with Crippen LogP contribution in [0.25, 0.3) is 0 Å². The molecule has 2 rings (SSSR count). The van der Waals surface area contributed by atoms with E-state index in [9.17, 15) is 18.0 Å². The number of sulfonamides is 1. The van der Waals surface area contributed by atoms with Crippen molar-refractivity contribution in [1.82, 2.24) is 19.4 Å². The lowest BCUT2D eigenvalue weighted by Gasteiger charge is -2.33. The van der Waals surface area contributed by atoms with Gasteiger partial charge >= 0.3 is 0 Å². The summed E-state index contributed by atoms with van der Waals surface area (Å²) in [6.07, 6.45) is 0. The third kappa shape index (κ3) is 3.05. The molecule has 0 unspecified atom stereocenters. The van der Waals surface area contributed by atoms with Gasteiger partial charge in [-0.1, -0.05) is 0 Å². The lowest BCUT2D eigenvalue weighted by atomic mass is 10.3. The van der Waals surface area contributed by atoms with Gasteiger partial charge in [-0.15, -0.1) is 0 Å². The SMILES string of the molecule is CCS(=O)(=O)N1CCN(C(=O)c2ccc(=O)[nH]n2)CC1. The first kappa shape index (κ1) is 14.7. The summed E-state index contributed by atoms with van der Waals surface area (Å²) in [4.78, 5) is 24.5. The van der Waals surface area contributed by atoms with Gasteiger partial charge in [-0.05, 0) is 13.0 Å². The van der Waals surface area contributed by atoms with E-state index >= 15 is 0 Å². The molecule has 110 valence electrons. The Balaban J connectivity index is 2.02. The second-order valence-electron chi connectivity index (χ2n) is 4.40. The van der Waals surface area contributed by atoms with E-state index in [4.69, 9.17) is 0 Å². The van der Waals surface area contributed by atoms with Gasteiger partial charge in [-0.3, -0.25) is 9.59 Å². The maximum atomic E-state index is 12.1. The number of aromatic amines is 1. The van der Waals surface area contributed by atoms with Gasteiger partial charge in [0.15, 0.2) is 0 Å². The summed E-state index contributed by atoms with van der Waals surface area (Å²) in [6, 6.07) is 2.59. The Morgan fingerprint density at radius 1 is 1.30 bits per heavy atom. The predicted octanol–water partition coefficient (Wildman–Crippen LogP) is -1.12. The van der Waals surface area contributed by atoms with E-state index in [0.29, 0.717) is 13.1 Å². The smallest absolute Gasteiger partial charge is 0.274 e.